The molecule has 5 aromatic carbocycles. The van der Waals surface area contributed by atoms with Gasteiger partial charge >= 0.3 is 0 Å². The number of thiophene rings is 1. The number of benzene rings is 5. The van der Waals surface area contributed by atoms with Crippen LogP contribution in [0.25, 0.3) is 86.5 Å². The number of hydrogen-bond acceptors (Lipinski definition) is 1. The van der Waals surface area contributed by atoms with Crippen LogP contribution < -0.4 is 9.13 Å². The van der Waals surface area contributed by atoms with E-state index < -0.39 is 0 Å². The van der Waals surface area contributed by atoms with Crippen LogP contribution in [0.2, 0.25) is 0 Å². The minimum Gasteiger partial charge on any atom is -0.308 e. The topological polar surface area (TPSA) is 12.2 Å². The summed E-state index contributed by atoms with van der Waals surface area (Å²) in [6, 6.07) is 46.6. The summed E-state index contributed by atoms with van der Waals surface area (Å²) in [6.07, 6.45) is 8.54. The van der Waals surface area contributed by atoms with Crippen molar-refractivity contribution in [3.05, 3.63) is 157 Å². The van der Waals surface area contributed by atoms with Crippen LogP contribution in [0.1, 0.15) is 62.3 Å². The number of rotatable bonds is 1. The molecule has 5 aromatic heterocycles. The number of fused-ring (bicyclic) bond motifs is 19. The first-order valence-electron chi connectivity index (χ1n) is 20.2. The van der Waals surface area contributed by atoms with Crippen molar-refractivity contribution in [3.8, 4) is 22.5 Å². The Morgan fingerprint density at radius 1 is 0.714 bits per heavy atom. The molecule has 2 aliphatic rings. The highest BCUT2D eigenvalue weighted by molar-refractivity contribution is 7.26. The maximum absolute atomic E-state index is 4.88. The number of aryl methyl sites for hydroxylation is 1. The van der Waals surface area contributed by atoms with Crippen LogP contribution in [-0.2, 0) is 12.8 Å². The molecule has 0 radical (unpaired) electrons. The predicted molar refractivity (Wildman–Crippen MR) is 235 cm³/mol. The van der Waals surface area contributed by atoms with Gasteiger partial charge in [-0.25, -0.2) is 0 Å². The van der Waals surface area contributed by atoms with Crippen molar-refractivity contribution in [1.29, 1.82) is 0 Å². The first-order chi connectivity index (χ1) is 27.3. The molecule has 0 N–H and O–H groups in total. The molecule has 4 heteroatoms. The number of pyridine rings is 2. The number of nitrogens with zero attached hydrogens (tertiary/aromatic N) is 3. The molecule has 0 aliphatic carbocycles. The highest BCUT2D eigenvalue weighted by Gasteiger charge is 2.42. The molecule has 0 bridgehead atoms. The molecule has 0 amide bonds. The smallest absolute Gasteiger partial charge is 0.218 e. The van der Waals surface area contributed by atoms with Crippen molar-refractivity contribution in [2.45, 2.75) is 58.4 Å². The fourth-order valence-corrected chi connectivity index (χ4v) is 12.0. The van der Waals surface area contributed by atoms with E-state index >= 15 is 0 Å². The fourth-order valence-electron chi connectivity index (χ4n) is 10.7. The molecule has 2 atom stereocenters. The van der Waals surface area contributed by atoms with Gasteiger partial charge in [-0.2, -0.15) is 9.13 Å². The summed E-state index contributed by atoms with van der Waals surface area (Å²) in [7, 11) is 0. The van der Waals surface area contributed by atoms with Crippen LogP contribution in [0.3, 0.4) is 0 Å². The van der Waals surface area contributed by atoms with Gasteiger partial charge in [0.15, 0.2) is 24.1 Å². The summed E-state index contributed by atoms with van der Waals surface area (Å²) < 4.78 is 10.3. The third kappa shape index (κ3) is 4.57. The van der Waals surface area contributed by atoms with Crippen molar-refractivity contribution in [2.24, 2.45) is 5.41 Å². The van der Waals surface area contributed by atoms with Crippen molar-refractivity contribution in [1.82, 2.24) is 4.40 Å². The second-order valence-corrected chi connectivity index (χ2v) is 18.6. The average Bonchev–Trinajstić information content (AvgIpc) is 3.86. The molecule has 12 rings (SSSR count). The predicted octanol–water partition coefficient (Wildman–Crippen LogP) is 12.8. The molecule has 7 heterocycles. The summed E-state index contributed by atoms with van der Waals surface area (Å²) in [5.74, 6) is 0.351. The van der Waals surface area contributed by atoms with Crippen LogP contribution >= 0.6 is 11.3 Å². The third-order valence-electron chi connectivity index (χ3n) is 12.9. The van der Waals surface area contributed by atoms with E-state index in [1.807, 2.05) is 11.3 Å². The van der Waals surface area contributed by atoms with Gasteiger partial charge in [0.05, 0.1) is 28.5 Å². The summed E-state index contributed by atoms with van der Waals surface area (Å²) in [4.78, 5) is 0. The van der Waals surface area contributed by atoms with Gasteiger partial charge in [0.2, 0.25) is 11.4 Å². The second-order valence-electron chi connectivity index (χ2n) is 17.6. The summed E-state index contributed by atoms with van der Waals surface area (Å²) in [6.45, 7) is 11.9. The molecule has 56 heavy (non-hydrogen) atoms. The van der Waals surface area contributed by atoms with Crippen LogP contribution in [0.15, 0.2) is 140 Å². The van der Waals surface area contributed by atoms with Gasteiger partial charge in [-0.1, -0.05) is 81.4 Å². The lowest BCUT2D eigenvalue weighted by Crippen LogP contribution is -2.49. The van der Waals surface area contributed by atoms with E-state index in [1.165, 1.54) is 97.5 Å². The Balaban J connectivity index is 1.14. The Hall–Kier alpha value is -5.84. The zero-order valence-electron chi connectivity index (χ0n) is 32.1. The summed E-state index contributed by atoms with van der Waals surface area (Å²) in [5.41, 5.74) is 14.7. The van der Waals surface area contributed by atoms with Crippen LogP contribution in [-0.4, -0.2) is 4.40 Å². The van der Waals surface area contributed by atoms with Gasteiger partial charge in [-0.15, -0.1) is 11.3 Å². The van der Waals surface area contributed by atoms with E-state index in [9.17, 15) is 0 Å². The van der Waals surface area contributed by atoms with E-state index in [1.54, 1.807) is 0 Å². The standard InChI is InChI=1S/C52H43N3S/c1-31-26-45-36(34-12-5-6-13-35(34)43-17-9-10-24-54(43)45)20-19-33-28-47-42(29-41(33)46-27-32(23-25-53(31)46)30-52(2,3)4)38-15-11-16-40-49-44(55(47)50(38)40)22-21-39-37-14-7-8-18-48(37)56-51(39)49/h5-18,21-25,27-29,36,45H,1,19-20,26,30H2,2-4H3/q+2. The molecule has 2 unspecified atom stereocenters. The summed E-state index contributed by atoms with van der Waals surface area (Å²) in [5, 5.41) is 8.09. The highest BCUT2D eigenvalue weighted by atomic mass is 32.1. The van der Waals surface area contributed by atoms with Gasteiger partial charge in [-0.05, 0) is 84.3 Å². The van der Waals surface area contributed by atoms with E-state index in [-0.39, 0.29) is 11.5 Å². The van der Waals surface area contributed by atoms with Gasteiger partial charge < -0.3 is 4.40 Å². The zero-order chi connectivity index (χ0) is 37.4. The normalized spacial score (nSPS) is 17.1. The lowest BCUT2D eigenvalue weighted by atomic mass is 9.77. The van der Waals surface area contributed by atoms with Gasteiger partial charge in [0.1, 0.15) is 0 Å². The Bertz CT molecular complexity index is 3280. The Labute approximate surface area is 330 Å². The SMILES string of the molecule is C=C1CC2C(CCc3cc4c(cc3-c3cc(CC(C)(C)C)cc[n+]31)c1cccc3c5c6sc7ccccc7c6ccc5n4c13)c1ccccc1-c1cccc[n+]12. The fraction of sp³-hybridized carbons (Fsp3) is 0.192. The molecule has 3 nitrogen and oxygen atoms in total. The quantitative estimate of drug-likeness (QED) is 0.149. The minimum atomic E-state index is 0.176. The molecule has 0 spiro atoms. The molecule has 0 fully saturated rings. The number of allylic oxidation sites excluding steroid dienone is 1. The third-order valence-corrected chi connectivity index (χ3v) is 14.1. The van der Waals surface area contributed by atoms with E-state index in [4.69, 9.17) is 6.58 Å². The van der Waals surface area contributed by atoms with E-state index in [2.05, 4.69) is 168 Å². The molecule has 270 valence electrons. The Morgan fingerprint density at radius 3 is 2.45 bits per heavy atom. The first-order valence-corrected chi connectivity index (χ1v) is 21.0. The monoisotopic (exact) mass is 741 g/mol. The van der Waals surface area contributed by atoms with Crippen molar-refractivity contribution >= 4 is 75.3 Å². The average molecular weight is 742 g/mol. The number of hydrogen-bond donors (Lipinski definition) is 0. The molecule has 0 saturated carbocycles. The van der Waals surface area contributed by atoms with Crippen molar-refractivity contribution in [3.63, 3.8) is 0 Å². The number of aromatic nitrogens is 3. The van der Waals surface area contributed by atoms with Crippen LogP contribution in [0.4, 0.5) is 0 Å². The lowest BCUT2D eigenvalue weighted by Gasteiger charge is -2.31. The zero-order valence-corrected chi connectivity index (χ0v) is 33.0. The molecule has 0 saturated heterocycles. The molecular weight excluding hydrogens is 699 g/mol. The van der Waals surface area contributed by atoms with Crippen LogP contribution in [0.5, 0.6) is 0 Å². The minimum absolute atomic E-state index is 0.176. The van der Waals surface area contributed by atoms with Crippen molar-refractivity contribution in [2.75, 3.05) is 0 Å². The number of para-hydroxylation sites is 1. The Kier molecular flexibility index (Phi) is 6.71. The second kappa shape index (κ2) is 11.6. The molecule has 2 aliphatic heterocycles. The maximum Gasteiger partial charge on any atom is 0.218 e. The van der Waals surface area contributed by atoms with Gasteiger partial charge in [0.25, 0.3) is 0 Å². The lowest BCUT2D eigenvalue weighted by molar-refractivity contribution is -0.720. The van der Waals surface area contributed by atoms with Crippen LogP contribution in [0, 0.1) is 5.41 Å². The summed E-state index contributed by atoms with van der Waals surface area (Å²) >= 11 is 1.93. The van der Waals surface area contributed by atoms with Gasteiger partial charge in [0, 0.05) is 77.5 Å². The molecule has 10 aromatic rings. The van der Waals surface area contributed by atoms with Gasteiger partial charge in [-0.3, -0.25) is 0 Å². The first kappa shape index (κ1) is 32.4. The largest absolute Gasteiger partial charge is 0.308 e. The van der Waals surface area contributed by atoms with E-state index in [0.717, 1.165) is 31.4 Å². The van der Waals surface area contributed by atoms with Crippen molar-refractivity contribution < 1.29 is 9.13 Å². The molecular formula is C52H43N3S+2. The maximum atomic E-state index is 4.88. The highest BCUT2D eigenvalue weighted by Crippen LogP contribution is 2.48. The Morgan fingerprint density at radius 2 is 1.54 bits per heavy atom. The van der Waals surface area contributed by atoms with E-state index in [0.29, 0.717) is 5.92 Å².